The molecule has 0 amide bonds. The summed E-state index contributed by atoms with van der Waals surface area (Å²) in [5, 5.41) is 75.9. The molecule has 0 radical (unpaired) electrons. The van der Waals surface area contributed by atoms with E-state index in [0.717, 1.165) is 39.4 Å². The van der Waals surface area contributed by atoms with Gasteiger partial charge in [0.25, 0.3) is 0 Å². The lowest BCUT2D eigenvalue weighted by molar-refractivity contribution is -0.382. The molecule has 21 nitrogen and oxygen atoms in total. The topological polar surface area (TPSA) is 262 Å². The number of benzene rings is 6. The lowest BCUT2D eigenvalue weighted by atomic mass is 10.1. The molecule has 80 heavy (non-hydrogen) atoms. The number of hydrogen-bond donors (Lipinski definition) is 5. The molecule has 0 aliphatic heterocycles. The average molecular weight is 1080 g/mol. The zero-order valence-corrected chi connectivity index (χ0v) is 44.5. The zero-order chi connectivity index (χ0) is 56.7. The van der Waals surface area contributed by atoms with Crippen LogP contribution in [0.3, 0.4) is 0 Å². The first-order chi connectivity index (χ1) is 38.5. The maximum absolute atomic E-state index is 12.0. The summed E-state index contributed by atoms with van der Waals surface area (Å²) >= 11 is 0. The fourth-order valence-electron chi connectivity index (χ4n) is 10.3. The summed E-state index contributed by atoms with van der Waals surface area (Å²) in [6.07, 6.45) is 0. The molecule has 6 heterocycles. The number of anilines is 2. The second-order valence-electron chi connectivity index (χ2n) is 18.5. The Labute approximate surface area is 455 Å². The highest BCUT2D eigenvalue weighted by Gasteiger charge is 2.33. The van der Waals surface area contributed by atoms with Gasteiger partial charge in [0, 0.05) is 27.8 Å². The van der Waals surface area contributed by atoms with Crippen LogP contribution in [-0.4, -0.2) is 74.2 Å². The fraction of sp³-hybridized carbons (Fsp3) is 0.136. The number of para-hydroxylation sites is 3. The first kappa shape index (κ1) is 53.2. The lowest BCUT2D eigenvalue weighted by Gasteiger charge is -2.14. The monoisotopic (exact) mass is 1080 g/mol. The summed E-state index contributed by atoms with van der Waals surface area (Å²) in [5.74, 6) is 3.29. The molecule has 12 aromatic rings. The van der Waals surface area contributed by atoms with Crippen LogP contribution in [0.2, 0.25) is 0 Å². The van der Waals surface area contributed by atoms with Crippen LogP contribution in [0.1, 0.15) is 34.4 Å². The third-order valence-corrected chi connectivity index (χ3v) is 13.7. The number of phenolic OH excluding ortho intramolecular Hbond substituents is 1. The van der Waals surface area contributed by atoms with Gasteiger partial charge in [-0.2, -0.15) is 0 Å². The molecule has 0 fully saturated rings. The van der Waals surface area contributed by atoms with Crippen LogP contribution in [0.4, 0.5) is 17.1 Å². The molecule has 406 valence electrons. The quantitative estimate of drug-likeness (QED) is 0.0595. The van der Waals surface area contributed by atoms with Gasteiger partial charge in [-0.3, -0.25) is 30.9 Å². The highest BCUT2D eigenvalue weighted by molar-refractivity contribution is 6.05. The third kappa shape index (κ3) is 9.36. The van der Waals surface area contributed by atoms with Gasteiger partial charge in [0.05, 0.1) is 86.2 Å². The number of hydrogen-bond acceptors (Lipinski definition) is 17. The number of aromatic hydroxyl groups is 1. The highest BCUT2D eigenvalue weighted by atomic mass is 16.8. The predicted molar refractivity (Wildman–Crippen MR) is 298 cm³/mol. The molecule has 0 aliphatic carbocycles. The first-order valence-electron chi connectivity index (χ1n) is 24.8. The van der Waals surface area contributed by atoms with Crippen molar-refractivity contribution in [3.05, 3.63) is 190 Å². The van der Waals surface area contributed by atoms with Crippen molar-refractivity contribution in [1.29, 1.82) is 0 Å². The third-order valence-electron chi connectivity index (χ3n) is 13.7. The number of aryl methyl sites for hydroxylation is 6. The summed E-state index contributed by atoms with van der Waals surface area (Å²) in [4.78, 5) is 11.7. The number of rotatable bonds is 11. The Balaban J connectivity index is 0.000000135. The van der Waals surface area contributed by atoms with Crippen molar-refractivity contribution >= 4 is 49.8 Å². The van der Waals surface area contributed by atoms with E-state index in [4.69, 9.17) is 23.0 Å². The van der Waals surface area contributed by atoms with Crippen LogP contribution in [0.15, 0.2) is 159 Å². The molecule has 6 aromatic heterocycles. The predicted octanol–water partition coefficient (Wildman–Crippen LogP) is 13.5. The van der Waals surface area contributed by atoms with E-state index in [1.165, 1.54) is 0 Å². The summed E-state index contributed by atoms with van der Waals surface area (Å²) in [5.41, 5.74) is 10.7. The van der Waals surface area contributed by atoms with Crippen molar-refractivity contribution in [3.8, 4) is 68.1 Å². The number of methoxy groups -OCH3 is 2. The molecule has 5 N–H and O–H groups in total. The van der Waals surface area contributed by atoms with Gasteiger partial charge in [0.1, 0.15) is 51.6 Å². The van der Waals surface area contributed by atoms with E-state index < -0.39 is 0 Å². The van der Waals surface area contributed by atoms with Gasteiger partial charge in [0.2, 0.25) is 0 Å². The number of fused-ring (bicyclic) bond motifs is 3. The summed E-state index contributed by atoms with van der Waals surface area (Å²) in [6.45, 7) is 10.7. The van der Waals surface area contributed by atoms with E-state index in [9.17, 15) is 36.0 Å². The van der Waals surface area contributed by atoms with Crippen molar-refractivity contribution in [2.75, 3.05) is 24.7 Å². The number of nitrogens with zero attached hydrogens (tertiary/aromatic N) is 9. The molecule has 0 spiro atoms. The van der Waals surface area contributed by atoms with Gasteiger partial charge in [-0.1, -0.05) is 64.0 Å². The molecule has 6 aromatic carbocycles. The molecule has 0 saturated carbocycles. The summed E-state index contributed by atoms with van der Waals surface area (Å²) < 4.78 is 32.2. The van der Waals surface area contributed by atoms with Crippen molar-refractivity contribution in [1.82, 2.24) is 29.2 Å². The smallest absolute Gasteiger partial charge is 0.303 e. The van der Waals surface area contributed by atoms with Gasteiger partial charge in [-0.05, 0) is 139 Å². The second kappa shape index (κ2) is 21.7. The molecule has 0 bridgehead atoms. The molecular weight excluding hydrogens is 1030 g/mol. The zero-order valence-electron chi connectivity index (χ0n) is 44.5. The Bertz CT molecular complexity index is 4160. The van der Waals surface area contributed by atoms with E-state index in [0.29, 0.717) is 90.0 Å². The summed E-state index contributed by atoms with van der Waals surface area (Å²) in [7, 11) is 3.21. The van der Waals surface area contributed by atoms with Crippen LogP contribution in [0.25, 0.3) is 83.5 Å². The molecular formula is C59H53N9O12. The molecule has 21 heteroatoms. The maximum atomic E-state index is 12.0. The normalized spacial score (nSPS) is 11.2. The number of nitro groups is 1. The van der Waals surface area contributed by atoms with Gasteiger partial charge in [0.15, 0.2) is 0 Å². The minimum absolute atomic E-state index is 0.0378. The van der Waals surface area contributed by atoms with Gasteiger partial charge >= 0.3 is 5.69 Å². The number of ether oxygens (including phenoxy) is 2. The van der Waals surface area contributed by atoms with E-state index >= 15 is 0 Å². The number of phenols is 1. The second-order valence-corrected chi connectivity index (χ2v) is 18.5. The molecule has 0 unspecified atom stereocenters. The maximum Gasteiger partial charge on any atom is 0.303 e. The SMILES string of the molecule is COc1ccc(-n2c(-c3c(C)noc3C)c(N(O)O)c3ccccc32)cc1.COc1ccc(-n2c(-c3c(C)noc3C)c([N+](=O)[O-])c3ccccc32)cc1.Cc1noc(C)c1-c1c(N(O)O)c2ccccc2n1-c1ccc(O)cc1. The van der Waals surface area contributed by atoms with Crippen LogP contribution in [0.5, 0.6) is 17.2 Å². The van der Waals surface area contributed by atoms with Crippen molar-refractivity contribution in [2.24, 2.45) is 0 Å². The van der Waals surface area contributed by atoms with Gasteiger partial charge in [-0.15, -0.1) is 10.5 Å². The molecule has 0 atom stereocenters. The van der Waals surface area contributed by atoms with Crippen LogP contribution in [-0.2, 0) is 0 Å². The minimum Gasteiger partial charge on any atom is -0.508 e. The minimum atomic E-state index is -0.344. The fourth-order valence-corrected chi connectivity index (χ4v) is 10.3. The Morgan fingerprint density at radius 3 is 1.10 bits per heavy atom. The van der Waals surface area contributed by atoms with E-state index in [2.05, 4.69) is 15.5 Å². The molecule has 12 rings (SSSR count). The Kier molecular flexibility index (Phi) is 14.4. The van der Waals surface area contributed by atoms with Crippen molar-refractivity contribution in [3.63, 3.8) is 0 Å². The standard InChI is InChI=1S/C20H19N3O4.C20H17N3O4.C19H17N3O4/c2*1-12-18(13(2)27-21-12)20-19(23(24)25)16-6-4-5-7-17(16)22(20)14-8-10-15(26-3)11-9-14;1-11-17(12(2)26-20-11)19-18(22(24)25)15-5-3-4-6-16(15)21(19)13-7-9-14(23)10-8-13/h4-11,24-25H,1-3H3;4-11H,1-3H3;3-10,23-25H,1-2H3. The first-order valence-corrected chi connectivity index (χ1v) is 24.8. The molecule has 0 saturated heterocycles. The Morgan fingerprint density at radius 1 is 0.463 bits per heavy atom. The van der Waals surface area contributed by atoms with Crippen LogP contribution >= 0.6 is 0 Å². The summed E-state index contributed by atoms with van der Waals surface area (Å²) in [6, 6.07) is 43.8. The Morgan fingerprint density at radius 2 is 0.775 bits per heavy atom. The lowest BCUT2D eigenvalue weighted by Crippen LogP contribution is -2.12. The van der Waals surface area contributed by atoms with Crippen molar-refractivity contribution < 1.29 is 53.9 Å². The Hall–Kier alpha value is -10.2. The van der Waals surface area contributed by atoms with Gasteiger partial charge in [-0.25, -0.2) is 0 Å². The highest BCUT2D eigenvalue weighted by Crippen LogP contribution is 2.47. The average Bonchev–Trinajstić information content (AvgIpc) is 3.64. The van der Waals surface area contributed by atoms with Crippen LogP contribution < -0.4 is 19.9 Å². The van der Waals surface area contributed by atoms with Gasteiger partial charge < -0.3 is 41.9 Å². The molecule has 0 aliphatic rings. The van der Waals surface area contributed by atoms with E-state index in [-0.39, 0.29) is 38.2 Å². The van der Waals surface area contributed by atoms with E-state index in [1.807, 2.05) is 130 Å². The van der Waals surface area contributed by atoms with Crippen LogP contribution in [0, 0.1) is 51.7 Å². The largest absolute Gasteiger partial charge is 0.508 e. The van der Waals surface area contributed by atoms with E-state index in [1.54, 1.807) is 85.2 Å². The number of aromatic nitrogens is 6. The van der Waals surface area contributed by atoms with Crippen molar-refractivity contribution in [2.45, 2.75) is 41.5 Å².